The van der Waals surface area contributed by atoms with Crippen molar-refractivity contribution in [1.29, 1.82) is 0 Å². The number of nitrogens with zero attached hydrogens (tertiary/aromatic N) is 2. The summed E-state index contributed by atoms with van der Waals surface area (Å²) in [5.74, 6) is 1.91. The van der Waals surface area contributed by atoms with Crippen molar-refractivity contribution in [1.82, 2.24) is 10.1 Å². The largest absolute Gasteiger partial charge is 0.339 e. The molecule has 0 amide bonds. The van der Waals surface area contributed by atoms with Crippen LogP contribution in [0.1, 0.15) is 57.2 Å². The zero-order chi connectivity index (χ0) is 10.4. The fraction of sp³-hybridized carbons (Fsp3) is 0.800. The molecule has 2 rings (SSSR count). The standard InChI is InChI=1S/C8H13N3O.C2H6/c9-5-7-10-8(12-11-7)6-3-1-2-4-6;1-2/h6H,1-5,9H2;1-2H3. The Hall–Kier alpha value is -0.900. The van der Waals surface area contributed by atoms with Crippen LogP contribution in [0, 0.1) is 0 Å². The highest BCUT2D eigenvalue weighted by Crippen LogP contribution is 2.32. The maximum Gasteiger partial charge on any atom is 0.229 e. The Labute approximate surface area is 84.9 Å². The maximum absolute atomic E-state index is 5.38. The zero-order valence-electron chi connectivity index (χ0n) is 8.99. The molecular formula is C10H19N3O. The van der Waals surface area contributed by atoms with Gasteiger partial charge in [0, 0.05) is 5.92 Å². The molecule has 4 nitrogen and oxygen atoms in total. The molecule has 1 aliphatic rings. The molecule has 0 unspecified atom stereocenters. The van der Waals surface area contributed by atoms with Gasteiger partial charge in [0.15, 0.2) is 5.82 Å². The minimum absolute atomic E-state index is 0.371. The number of rotatable bonds is 2. The first-order valence-electron chi connectivity index (χ1n) is 5.42. The summed E-state index contributed by atoms with van der Waals surface area (Å²) < 4.78 is 5.10. The first-order chi connectivity index (χ1) is 6.90. The van der Waals surface area contributed by atoms with E-state index in [2.05, 4.69) is 10.1 Å². The molecule has 4 heteroatoms. The van der Waals surface area contributed by atoms with E-state index in [1.54, 1.807) is 0 Å². The number of hydrogen-bond acceptors (Lipinski definition) is 4. The van der Waals surface area contributed by atoms with Gasteiger partial charge in [0.25, 0.3) is 0 Å². The second-order valence-corrected chi connectivity index (χ2v) is 3.23. The van der Waals surface area contributed by atoms with Crippen molar-refractivity contribution >= 4 is 0 Å². The van der Waals surface area contributed by atoms with Crippen molar-refractivity contribution in [3.05, 3.63) is 11.7 Å². The number of nitrogens with two attached hydrogens (primary N) is 1. The molecule has 0 aliphatic heterocycles. The Balaban J connectivity index is 0.000000461. The Kier molecular flexibility index (Phi) is 4.59. The lowest BCUT2D eigenvalue weighted by Gasteiger charge is -1.98. The van der Waals surface area contributed by atoms with Crippen LogP contribution in [-0.4, -0.2) is 10.1 Å². The summed E-state index contributed by atoms with van der Waals surface area (Å²) in [5.41, 5.74) is 5.38. The van der Waals surface area contributed by atoms with Gasteiger partial charge in [-0.3, -0.25) is 0 Å². The Morgan fingerprint density at radius 3 is 2.50 bits per heavy atom. The summed E-state index contributed by atoms with van der Waals surface area (Å²) in [5, 5.41) is 3.77. The average Bonchev–Trinajstić information content (AvgIpc) is 2.91. The zero-order valence-corrected chi connectivity index (χ0v) is 8.99. The first kappa shape index (κ1) is 11.2. The quantitative estimate of drug-likeness (QED) is 0.789. The van der Waals surface area contributed by atoms with Crippen LogP contribution < -0.4 is 5.73 Å². The van der Waals surface area contributed by atoms with Crippen LogP contribution in [0.5, 0.6) is 0 Å². The van der Waals surface area contributed by atoms with Crippen LogP contribution in [0.4, 0.5) is 0 Å². The molecule has 0 aromatic carbocycles. The van der Waals surface area contributed by atoms with E-state index in [1.165, 1.54) is 25.7 Å². The van der Waals surface area contributed by atoms with E-state index >= 15 is 0 Å². The Morgan fingerprint density at radius 1 is 1.36 bits per heavy atom. The van der Waals surface area contributed by atoms with Gasteiger partial charge in [0.2, 0.25) is 5.89 Å². The molecule has 1 aromatic heterocycles. The molecule has 80 valence electrons. The van der Waals surface area contributed by atoms with Gasteiger partial charge in [-0.15, -0.1) is 0 Å². The van der Waals surface area contributed by atoms with Gasteiger partial charge >= 0.3 is 0 Å². The van der Waals surface area contributed by atoms with Crippen molar-refractivity contribution in [2.75, 3.05) is 0 Å². The van der Waals surface area contributed by atoms with E-state index in [0.717, 1.165) is 5.89 Å². The second-order valence-electron chi connectivity index (χ2n) is 3.23. The van der Waals surface area contributed by atoms with Crippen LogP contribution in [-0.2, 0) is 6.54 Å². The Bertz CT molecular complexity index is 254. The summed E-state index contributed by atoms with van der Waals surface area (Å²) in [7, 11) is 0. The van der Waals surface area contributed by atoms with Crippen LogP contribution in [0.3, 0.4) is 0 Å². The third-order valence-electron chi connectivity index (χ3n) is 2.37. The lowest BCUT2D eigenvalue weighted by molar-refractivity contribution is 0.350. The van der Waals surface area contributed by atoms with Gasteiger partial charge in [-0.2, -0.15) is 4.98 Å². The highest BCUT2D eigenvalue weighted by atomic mass is 16.5. The van der Waals surface area contributed by atoms with Gasteiger partial charge in [-0.25, -0.2) is 0 Å². The molecule has 0 saturated heterocycles. The predicted molar refractivity (Wildman–Crippen MR) is 54.7 cm³/mol. The highest BCUT2D eigenvalue weighted by molar-refractivity contribution is 4.95. The fourth-order valence-corrected chi connectivity index (χ4v) is 1.69. The molecule has 1 fully saturated rings. The van der Waals surface area contributed by atoms with E-state index < -0.39 is 0 Å². The topological polar surface area (TPSA) is 64.9 Å². The van der Waals surface area contributed by atoms with Crippen molar-refractivity contribution in [3.8, 4) is 0 Å². The molecule has 1 aromatic rings. The fourth-order valence-electron chi connectivity index (χ4n) is 1.69. The lowest BCUT2D eigenvalue weighted by atomic mass is 10.1. The molecule has 0 radical (unpaired) electrons. The molecule has 0 spiro atoms. The van der Waals surface area contributed by atoms with Gasteiger partial charge in [-0.1, -0.05) is 31.8 Å². The molecule has 1 saturated carbocycles. The SMILES string of the molecule is CC.NCc1noc(C2CCCC2)n1. The third-order valence-corrected chi connectivity index (χ3v) is 2.37. The minimum Gasteiger partial charge on any atom is -0.339 e. The van der Waals surface area contributed by atoms with Gasteiger partial charge < -0.3 is 10.3 Å². The monoisotopic (exact) mass is 197 g/mol. The van der Waals surface area contributed by atoms with Gasteiger partial charge in [-0.05, 0) is 12.8 Å². The summed E-state index contributed by atoms with van der Waals surface area (Å²) in [6.07, 6.45) is 4.94. The summed E-state index contributed by atoms with van der Waals surface area (Å²) in [4.78, 5) is 4.21. The van der Waals surface area contributed by atoms with Crippen molar-refractivity contribution in [3.63, 3.8) is 0 Å². The predicted octanol–water partition coefficient (Wildman–Crippen LogP) is 2.21. The molecule has 2 N–H and O–H groups in total. The number of aromatic nitrogens is 2. The molecule has 0 atom stereocenters. The van der Waals surface area contributed by atoms with E-state index in [-0.39, 0.29) is 0 Å². The van der Waals surface area contributed by atoms with Crippen LogP contribution in [0.15, 0.2) is 4.52 Å². The summed E-state index contributed by atoms with van der Waals surface area (Å²) in [6.45, 7) is 4.37. The molecule has 14 heavy (non-hydrogen) atoms. The third kappa shape index (κ3) is 2.54. The first-order valence-corrected chi connectivity index (χ1v) is 5.42. The van der Waals surface area contributed by atoms with Gasteiger partial charge in [0.05, 0.1) is 6.54 Å². The van der Waals surface area contributed by atoms with Crippen LogP contribution in [0.25, 0.3) is 0 Å². The maximum atomic E-state index is 5.38. The number of hydrogen-bond donors (Lipinski definition) is 1. The lowest BCUT2D eigenvalue weighted by Crippen LogP contribution is -1.99. The molecule has 1 aliphatic carbocycles. The summed E-state index contributed by atoms with van der Waals surface area (Å²) in [6, 6.07) is 0. The van der Waals surface area contributed by atoms with Crippen molar-refractivity contribution < 1.29 is 4.52 Å². The van der Waals surface area contributed by atoms with Crippen LogP contribution >= 0.6 is 0 Å². The normalized spacial score (nSPS) is 16.5. The van der Waals surface area contributed by atoms with Crippen LogP contribution in [0.2, 0.25) is 0 Å². The van der Waals surface area contributed by atoms with E-state index in [0.29, 0.717) is 18.3 Å². The average molecular weight is 197 g/mol. The minimum atomic E-state index is 0.371. The smallest absolute Gasteiger partial charge is 0.229 e. The summed E-state index contributed by atoms with van der Waals surface area (Å²) >= 11 is 0. The Morgan fingerprint density at radius 2 is 2.00 bits per heavy atom. The highest BCUT2D eigenvalue weighted by Gasteiger charge is 2.22. The van der Waals surface area contributed by atoms with E-state index in [1.807, 2.05) is 13.8 Å². The molecular weight excluding hydrogens is 178 g/mol. The van der Waals surface area contributed by atoms with E-state index in [9.17, 15) is 0 Å². The van der Waals surface area contributed by atoms with Crippen molar-refractivity contribution in [2.45, 2.75) is 52.0 Å². The van der Waals surface area contributed by atoms with Gasteiger partial charge in [0.1, 0.15) is 0 Å². The van der Waals surface area contributed by atoms with Crippen molar-refractivity contribution in [2.24, 2.45) is 5.73 Å². The molecule has 0 bridgehead atoms. The second kappa shape index (κ2) is 5.75. The molecule has 1 heterocycles. The van der Waals surface area contributed by atoms with E-state index in [4.69, 9.17) is 10.3 Å².